The number of hydrogen-bond acceptors (Lipinski definition) is 2. The molecule has 0 spiro atoms. The minimum atomic E-state index is -0.998. The largest absolute Gasteiger partial charge is 0.480 e. The summed E-state index contributed by atoms with van der Waals surface area (Å²) in [6.07, 6.45) is 0. The van der Waals surface area contributed by atoms with Gasteiger partial charge >= 0.3 is 5.97 Å². The van der Waals surface area contributed by atoms with E-state index >= 15 is 0 Å². The lowest BCUT2D eigenvalue weighted by Crippen LogP contribution is -2.27. The van der Waals surface area contributed by atoms with E-state index < -0.39 is 5.97 Å². The first kappa shape index (κ1) is 8.67. The summed E-state index contributed by atoms with van der Waals surface area (Å²) >= 11 is 1.53. The van der Waals surface area contributed by atoms with Gasteiger partial charge in [-0.25, -0.2) is 0 Å². The molecule has 0 saturated heterocycles. The van der Waals surface area contributed by atoms with Gasteiger partial charge in [0, 0.05) is 29.6 Å². The van der Waals surface area contributed by atoms with Crippen molar-refractivity contribution in [3.05, 3.63) is 0 Å². The first-order chi connectivity index (χ1) is 4.04. The Morgan fingerprint density at radius 3 is 2.22 bits per heavy atom. The normalized spacial score (nSPS) is 8.67. The minimum absolute atomic E-state index is 0.234. The van der Waals surface area contributed by atoms with Gasteiger partial charge in [-0.2, -0.15) is 0 Å². The molecule has 0 unspecified atom stereocenters. The molecule has 0 aliphatic carbocycles. The lowest BCUT2D eigenvalue weighted by molar-refractivity contribution is -0.137. The van der Waals surface area contributed by atoms with Crippen LogP contribution in [0.1, 0.15) is 0 Å². The van der Waals surface area contributed by atoms with Crippen molar-refractivity contribution >= 4 is 32.5 Å². The zero-order valence-corrected chi connectivity index (χ0v) is 6.95. The zero-order valence-electron chi connectivity index (χ0n) is 4.80. The van der Waals surface area contributed by atoms with Crippen LogP contribution in [0.5, 0.6) is 0 Å². The molecule has 9 heavy (non-hydrogen) atoms. The Morgan fingerprint density at radius 2 is 2.11 bits per heavy atom. The summed E-state index contributed by atoms with van der Waals surface area (Å²) in [5, 5.41) is 8.14. The van der Waals surface area contributed by atoms with Gasteiger partial charge in [0.05, 0.1) is 0 Å². The monoisotopic (exact) mass is 243 g/mol. The minimum Gasteiger partial charge on any atom is -0.480 e. The number of nitrogens with zero attached hydrogens (tertiary/aromatic N) is 1. The number of amides is 1. The first-order valence-corrected chi connectivity index (χ1v) is 3.24. The fourth-order valence-corrected chi connectivity index (χ4v) is 0.436. The summed E-state index contributed by atoms with van der Waals surface area (Å²) in [7, 11) is 1.43. The van der Waals surface area contributed by atoms with Crippen LogP contribution in [0, 0.1) is 0 Å². The Labute approximate surface area is 66.0 Å². The fourth-order valence-electron chi connectivity index (χ4n) is 0.265. The van der Waals surface area contributed by atoms with Gasteiger partial charge in [-0.1, -0.05) is 0 Å². The molecule has 0 rings (SSSR count). The Hall–Kier alpha value is -0.330. The molecule has 4 nitrogen and oxygen atoms in total. The molecule has 1 amide bonds. The highest BCUT2D eigenvalue weighted by atomic mass is 127. The quantitative estimate of drug-likeness (QED) is 0.438. The van der Waals surface area contributed by atoms with Crippen LogP contribution in [-0.2, 0) is 4.79 Å². The van der Waals surface area contributed by atoms with Gasteiger partial charge in [-0.05, 0) is 0 Å². The topological polar surface area (TPSA) is 57.6 Å². The molecule has 0 bridgehead atoms. The maximum Gasteiger partial charge on any atom is 0.323 e. The van der Waals surface area contributed by atoms with Crippen LogP contribution in [0.3, 0.4) is 0 Å². The summed E-state index contributed by atoms with van der Waals surface area (Å²) < 4.78 is -0.269. The molecule has 0 aromatic rings. The van der Waals surface area contributed by atoms with Crippen LogP contribution in [0.4, 0.5) is 4.79 Å². The molecular formula is C4H6INO3. The van der Waals surface area contributed by atoms with E-state index in [9.17, 15) is 9.59 Å². The zero-order chi connectivity index (χ0) is 7.44. The van der Waals surface area contributed by atoms with Crippen molar-refractivity contribution in [2.75, 3.05) is 13.6 Å². The van der Waals surface area contributed by atoms with E-state index in [0.717, 1.165) is 4.90 Å². The molecule has 52 valence electrons. The number of carboxylic acids is 1. The maximum atomic E-state index is 10.3. The van der Waals surface area contributed by atoms with E-state index in [4.69, 9.17) is 5.11 Å². The van der Waals surface area contributed by atoms with E-state index in [-0.39, 0.29) is 10.5 Å². The molecule has 0 saturated carbocycles. The van der Waals surface area contributed by atoms with E-state index in [1.54, 1.807) is 0 Å². The van der Waals surface area contributed by atoms with Crippen molar-refractivity contribution in [2.45, 2.75) is 0 Å². The second kappa shape index (κ2) is 3.65. The third-order valence-corrected chi connectivity index (χ3v) is 1.50. The molecule has 0 heterocycles. The predicted octanol–water partition coefficient (Wildman–Crippen LogP) is 0.558. The van der Waals surface area contributed by atoms with Gasteiger partial charge in [-0.15, -0.1) is 0 Å². The average Bonchev–Trinajstić information content (AvgIpc) is 1.63. The Kier molecular flexibility index (Phi) is 3.52. The summed E-state index contributed by atoms with van der Waals surface area (Å²) in [4.78, 5) is 21.4. The average molecular weight is 243 g/mol. The van der Waals surface area contributed by atoms with Crippen molar-refractivity contribution in [1.82, 2.24) is 4.90 Å². The van der Waals surface area contributed by atoms with Crippen LogP contribution < -0.4 is 0 Å². The van der Waals surface area contributed by atoms with Crippen molar-refractivity contribution in [1.29, 1.82) is 0 Å². The third-order valence-electron chi connectivity index (χ3n) is 0.673. The molecule has 1 N–H and O–H groups in total. The number of carbonyl (C=O) groups excluding carboxylic acids is 1. The number of hydrogen-bond donors (Lipinski definition) is 1. The molecule has 0 aliphatic rings. The second-order valence-electron chi connectivity index (χ2n) is 1.50. The summed E-state index contributed by atoms with van der Waals surface area (Å²) in [6, 6.07) is 0. The molecule has 0 aromatic heterocycles. The number of likely N-dealkylation sites (N-methyl/N-ethyl adjacent to an activating group) is 1. The molecule has 0 radical (unpaired) electrons. The van der Waals surface area contributed by atoms with Gasteiger partial charge in [-0.3, -0.25) is 9.59 Å². The smallest absolute Gasteiger partial charge is 0.323 e. The highest BCUT2D eigenvalue weighted by Crippen LogP contribution is 1.93. The van der Waals surface area contributed by atoms with E-state index in [0.29, 0.717) is 0 Å². The number of halogens is 1. The lowest BCUT2D eigenvalue weighted by Gasteiger charge is -2.08. The van der Waals surface area contributed by atoms with Gasteiger partial charge in [0.2, 0.25) is 0 Å². The summed E-state index contributed by atoms with van der Waals surface area (Å²) in [5.41, 5.74) is 0. The number of rotatable bonds is 2. The van der Waals surface area contributed by atoms with Gasteiger partial charge in [0.15, 0.2) is 0 Å². The fraction of sp³-hybridized carbons (Fsp3) is 0.500. The summed E-state index contributed by atoms with van der Waals surface area (Å²) in [5.74, 6) is -0.998. The lowest BCUT2D eigenvalue weighted by atomic mass is 10.6. The van der Waals surface area contributed by atoms with Crippen molar-refractivity contribution in [3.8, 4) is 0 Å². The SMILES string of the molecule is CN(CC(=O)O)C(=O)I. The Morgan fingerprint density at radius 1 is 1.67 bits per heavy atom. The Bertz CT molecular complexity index is 136. The molecule has 0 aromatic carbocycles. The maximum absolute atomic E-state index is 10.3. The van der Waals surface area contributed by atoms with E-state index in [1.807, 2.05) is 0 Å². The number of carboxylic acid groups (broad SMARTS) is 1. The molecule has 5 heteroatoms. The molecule has 0 fully saturated rings. The highest BCUT2D eigenvalue weighted by molar-refractivity contribution is 14.1. The Balaban J connectivity index is 3.63. The van der Waals surface area contributed by atoms with Crippen molar-refractivity contribution in [3.63, 3.8) is 0 Å². The van der Waals surface area contributed by atoms with E-state index in [2.05, 4.69) is 0 Å². The highest BCUT2D eigenvalue weighted by Gasteiger charge is 2.06. The van der Waals surface area contributed by atoms with Crippen LogP contribution >= 0.6 is 22.6 Å². The molecule has 0 aliphatic heterocycles. The predicted molar refractivity (Wildman–Crippen MR) is 39.7 cm³/mol. The van der Waals surface area contributed by atoms with Crippen LogP contribution in [0.2, 0.25) is 0 Å². The van der Waals surface area contributed by atoms with E-state index in [1.165, 1.54) is 29.6 Å². The molecular weight excluding hydrogens is 237 g/mol. The third kappa shape index (κ3) is 4.19. The van der Waals surface area contributed by atoms with Gasteiger partial charge < -0.3 is 10.0 Å². The van der Waals surface area contributed by atoms with Gasteiger partial charge in [0.1, 0.15) is 6.54 Å². The van der Waals surface area contributed by atoms with Crippen molar-refractivity contribution < 1.29 is 14.7 Å². The van der Waals surface area contributed by atoms with Gasteiger partial charge in [0.25, 0.3) is 3.91 Å². The number of aliphatic carboxylic acids is 1. The molecule has 0 atom stereocenters. The number of carbonyl (C=O) groups is 2. The first-order valence-electron chi connectivity index (χ1n) is 2.16. The van der Waals surface area contributed by atoms with Crippen LogP contribution in [0.15, 0.2) is 0 Å². The van der Waals surface area contributed by atoms with Crippen molar-refractivity contribution in [2.24, 2.45) is 0 Å². The van der Waals surface area contributed by atoms with Crippen LogP contribution in [-0.4, -0.2) is 33.5 Å². The van der Waals surface area contributed by atoms with Crippen LogP contribution in [0.25, 0.3) is 0 Å². The standard InChI is InChI=1S/C4H6INO3/c1-6(4(5)9)2-3(7)8/h2H2,1H3,(H,7,8). The summed E-state index contributed by atoms with van der Waals surface area (Å²) in [6.45, 7) is -0.234. The second-order valence-corrected chi connectivity index (χ2v) is 2.43.